The minimum absolute atomic E-state index is 0.120. The fourth-order valence-electron chi connectivity index (χ4n) is 1.78. The van der Waals surface area contributed by atoms with Crippen molar-refractivity contribution in [1.29, 1.82) is 0 Å². The number of hydrogen-bond acceptors (Lipinski definition) is 5. The molecular formula is C12H12N4O2. The van der Waals surface area contributed by atoms with E-state index in [1.807, 2.05) is 26.0 Å². The van der Waals surface area contributed by atoms with Crippen LogP contribution in [0.1, 0.15) is 11.1 Å². The minimum atomic E-state index is -0.549. The molecule has 2 aromatic rings. The van der Waals surface area contributed by atoms with Crippen LogP contribution in [-0.4, -0.2) is 14.9 Å². The van der Waals surface area contributed by atoms with Crippen molar-refractivity contribution in [2.24, 2.45) is 0 Å². The lowest BCUT2D eigenvalue weighted by atomic mass is 10.00. The Balaban J connectivity index is 2.75. The van der Waals surface area contributed by atoms with E-state index in [0.717, 1.165) is 11.1 Å². The van der Waals surface area contributed by atoms with Gasteiger partial charge in [0.1, 0.15) is 6.33 Å². The molecular weight excluding hydrogens is 232 g/mol. The molecule has 1 heterocycles. The molecule has 18 heavy (non-hydrogen) atoms. The molecule has 1 aromatic heterocycles. The molecule has 0 radical (unpaired) electrons. The lowest BCUT2D eigenvalue weighted by Gasteiger charge is -2.08. The van der Waals surface area contributed by atoms with Crippen molar-refractivity contribution in [2.45, 2.75) is 13.8 Å². The van der Waals surface area contributed by atoms with Crippen LogP contribution < -0.4 is 5.73 Å². The van der Waals surface area contributed by atoms with Gasteiger partial charge in [0.15, 0.2) is 5.69 Å². The van der Waals surface area contributed by atoms with Crippen molar-refractivity contribution in [3.63, 3.8) is 0 Å². The molecule has 2 N–H and O–H groups in total. The fraction of sp³-hybridized carbons (Fsp3) is 0.167. The van der Waals surface area contributed by atoms with Gasteiger partial charge >= 0.3 is 5.69 Å². The first-order valence-corrected chi connectivity index (χ1v) is 5.34. The number of nitrogens with two attached hydrogens (primary N) is 1. The fourth-order valence-corrected chi connectivity index (χ4v) is 1.78. The highest BCUT2D eigenvalue weighted by Gasteiger charge is 2.23. The lowest BCUT2D eigenvalue weighted by molar-refractivity contribution is -0.383. The van der Waals surface area contributed by atoms with Crippen molar-refractivity contribution >= 4 is 11.5 Å². The topological polar surface area (TPSA) is 94.9 Å². The number of nitrogens with zero attached hydrogens (tertiary/aromatic N) is 3. The summed E-state index contributed by atoms with van der Waals surface area (Å²) in [5.74, 6) is -0.120. The largest absolute Gasteiger partial charge is 0.378 e. The standard InChI is InChI=1S/C12H12N4O2/c1-7-4-3-5-9(8(7)2)10-11(16(17)18)12(13)15-6-14-10/h3-6H,1-2H3,(H2,13,14,15). The number of benzene rings is 1. The summed E-state index contributed by atoms with van der Waals surface area (Å²) in [4.78, 5) is 18.2. The molecule has 92 valence electrons. The van der Waals surface area contributed by atoms with E-state index in [0.29, 0.717) is 5.56 Å². The molecule has 0 saturated heterocycles. The van der Waals surface area contributed by atoms with E-state index in [1.165, 1.54) is 6.33 Å². The lowest BCUT2D eigenvalue weighted by Crippen LogP contribution is -2.03. The summed E-state index contributed by atoms with van der Waals surface area (Å²) in [6.07, 6.45) is 1.24. The van der Waals surface area contributed by atoms with Crippen LogP contribution in [0.4, 0.5) is 11.5 Å². The van der Waals surface area contributed by atoms with Gasteiger partial charge in [0.05, 0.1) is 4.92 Å². The molecule has 0 saturated carbocycles. The first-order valence-electron chi connectivity index (χ1n) is 5.34. The maximum Gasteiger partial charge on any atom is 0.337 e. The molecule has 0 bridgehead atoms. The summed E-state index contributed by atoms with van der Waals surface area (Å²) in [6, 6.07) is 5.56. The third kappa shape index (κ3) is 1.88. The van der Waals surface area contributed by atoms with Gasteiger partial charge in [-0.15, -0.1) is 0 Å². The second-order valence-corrected chi connectivity index (χ2v) is 3.96. The maximum absolute atomic E-state index is 11.1. The zero-order valence-electron chi connectivity index (χ0n) is 10.0. The van der Waals surface area contributed by atoms with Crippen LogP contribution in [0.5, 0.6) is 0 Å². The molecule has 0 aliphatic carbocycles. The van der Waals surface area contributed by atoms with Gasteiger partial charge in [-0.05, 0) is 25.0 Å². The van der Waals surface area contributed by atoms with Crippen LogP contribution >= 0.6 is 0 Å². The molecule has 0 amide bonds. The summed E-state index contributed by atoms with van der Waals surface area (Å²) < 4.78 is 0. The number of aryl methyl sites for hydroxylation is 1. The van der Waals surface area contributed by atoms with Crippen molar-refractivity contribution in [3.05, 3.63) is 45.8 Å². The summed E-state index contributed by atoms with van der Waals surface area (Å²) >= 11 is 0. The Morgan fingerprint density at radius 3 is 2.67 bits per heavy atom. The summed E-state index contributed by atoms with van der Waals surface area (Å²) in [5, 5.41) is 11.1. The van der Waals surface area contributed by atoms with Gasteiger partial charge in [-0.25, -0.2) is 9.97 Å². The quantitative estimate of drug-likeness (QED) is 0.645. The first-order chi connectivity index (χ1) is 8.52. The SMILES string of the molecule is Cc1cccc(-c2ncnc(N)c2[N+](=O)[O-])c1C. The zero-order chi connectivity index (χ0) is 13.3. The third-order valence-electron chi connectivity index (χ3n) is 2.89. The third-order valence-corrected chi connectivity index (χ3v) is 2.89. The Bertz CT molecular complexity index is 625. The Labute approximate surface area is 104 Å². The average Bonchev–Trinajstić information content (AvgIpc) is 2.32. The van der Waals surface area contributed by atoms with Gasteiger partial charge in [-0.1, -0.05) is 18.2 Å². The molecule has 0 aliphatic heterocycles. The van der Waals surface area contributed by atoms with Gasteiger partial charge in [0.25, 0.3) is 0 Å². The first kappa shape index (κ1) is 12.0. The maximum atomic E-state index is 11.1. The number of aromatic nitrogens is 2. The molecule has 0 fully saturated rings. The Morgan fingerprint density at radius 1 is 1.28 bits per heavy atom. The van der Waals surface area contributed by atoms with Crippen LogP contribution in [0, 0.1) is 24.0 Å². The van der Waals surface area contributed by atoms with Crippen LogP contribution in [0.15, 0.2) is 24.5 Å². The van der Waals surface area contributed by atoms with Crippen molar-refractivity contribution in [1.82, 2.24) is 9.97 Å². The van der Waals surface area contributed by atoms with E-state index in [2.05, 4.69) is 9.97 Å². The molecule has 0 atom stereocenters. The van der Waals surface area contributed by atoms with Crippen molar-refractivity contribution < 1.29 is 4.92 Å². The Kier molecular flexibility index (Phi) is 2.93. The average molecular weight is 244 g/mol. The van der Waals surface area contributed by atoms with Crippen LogP contribution in [0.2, 0.25) is 0 Å². The molecule has 6 heteroatoms. The Morgan fingerprint density at radius 2 is 2.00 bits per heavy atom. The van der Waals surface area contributed by atoms with E-state index < -0.39 is 4.92 Å². The van der Waals surface area contributed by atoms with Gasteiger partial charge in [0, 0.05) is 5.56 Å². The number of hydrogen-bond donors (Lipinski definition) is 1. The second kappa shape index (κ2) is 4.40. The summed E-state index contributed by atoms with van der Waals surface area (Å²) in [7, 11) is 0. The summed E-state index contributed by atoms with van der Waals surface area (Å²) in [6.45, 7) is 3.84. The van der Waals surface area contributed by atoms with Crippen LogP contribution in [0.25, 0.3) is 11.3 Å². The number of nitro groups is 1. The Hall–Kier alpha value is -2.50. The molecule has 0 spiro atoms. The van der Waals surface area contributed by atoms with E-state index in [1.54, 1.807) is 6.07 Å². The molecule has 6 nitrogen and oxygen atoms in total. The van der Waals surface area contributed by atoms with Crippen molar-refractivity contribution in [2.75, 3.05) is 5.73 Å². The minimum Gasteiger partial charge on any atom is -0.378 e. The van der Waals surface area contributed by atoms with Gasteiger partial charge < -0.3 is 5.73 Å². The van der Waals surface area contributed by atoms with Gasteiger partial charge in [0.2, 0.25) is 5.82 Å². The molecule has 0 unspecified atom stereocenters. The van der Waals surface area contributed by atoms with E-state index >= 15 is 0 Å². The highest BCUT2D eigenvalue weighted by Crippen LogP contribution is 2.33. The molecule has 0 aliphatic rings. The van der Waals surface area contributed by atoms with Crippen molar-refractivity contribution in [3.8, 4) is 11.3 Å². The van der Waals surface area contributed by atoms with Gasteiger partial charge in [-0.3, -0.25) is 10.1 Å². The van der Waals surface area contributed by atoms with E-state index in [9.17, 15) is 10.1 Å². The molecule has 1 aromatic carbocycles. The van der Waals surface area contributed by atoms with Gasteiger partial charge in [-0.2, -0.15) is 0 Å². The number of rotatable bonds is 2. The predicted octanol–water partition coefficient (Wildman–Crippen LogP) is 2.25. The van der Waals surface area contributed by atoms with Crippen LogP contribution in [0.3, 0.4) is 0 Å². The predicted molar refractivity (Wildman–Crippen MR) is 68.0 cm³/mol. The van der Waals surface area contributed by atoms with E-state index in [4.69, 9.17) is 5.73 Å². The second-order valence-electron chi connectivity index (χ2n) is 3.96. The number of anilines is 1. The number of nitrogen functional groups attached to an aromatic ring is 1. The van der Waals surface area contributed by atoms with Crippen LogP contribution in [-0.2, 0) is 0 Å². The monoisotopic (exact) mass is 244 g/mol. The zero-order valence-corrected chi connectivity index (χ0v) is 10.0. The van der Waals surface area contributed by atoms with E-state index in [-0.39, 0.29) is 17.2 Å². The summed E-state index contributed by atoms with van der Waals surface area (Å²) in [5.41, 5.74) is 8.26. The normalized spacial score (nSPS) is 10.3. The highest BCUT2D eigenvalue weighted by atomic mass is 16.6. The highest BCUT2D eigenvalue weighted by molar-refractivity contribution is 5.78. The molecule has 2 rings (SSSR count). The smallest absolute Gasteiger partial charge is 0.337 e.